The van der Waals surface area contributed by atoms with Gasteiger partial charge in [-0.05, 0) is 30.7 Å². The molecule has 0 amide bonds. The molecule has 0 aliphatic carbocycles. The molecule has 2 atom stereocenters. The third-order valence-corrected chi connectivity index (χ3v) is 5.70. The Bertz CT molecular complexity index is 1120. The number of hydrogen-bond acceptors (Lipinski definition) is 7. The second kappa shape index (κ2) is 7.23. The first-order valence-corrected chi connectivity index (χ1v) is 9.87. The zero-order valence-electron chi connectivity index (χ0n) is 15.3. The highest BCUT2D eigenvalue weighted by atomic mass is 32.2. The van der Waals surface area contributed by atoms with E-state index in [1.165, 1.54) is 0 Å². The molecule has 2 aromatic heterocycles. The van der Waals surface area contributed by atoms with E-state index < -0.39 is 11.6 Å². The number of nitrogens with zero attached hydrogens (tertiary/aromatic N) is 4. The van der Waals surface area contributed by atoms with Gasteiger partial charge in [-0.2, -0.15) is 0 Å². The topological polar surface area (TPSA) is 97.3 Å². The van der Waals surface area contributed by atoms with Crippen LogP contribution in [-0.2, 0) is 5.54 Å². The van der Waals surface area contributed by atoms with Crippen LogP contribution in [0.15, 0.2) is 41.4 Å². The predicted octanol–water partition coefficient (Wildman–Crippen LogP) is 2.94. The van der Waals surface area contributed by atoms with Gasteiger partial charge in [0, 0.05) is 17.7 Å². The first-order chi connectivity index (χ1) is 13.5. The second-order valence-electron chi connectivity index (χ2n) is 6.76. The third-order valence-electron chi connectivity index (χ3n) is 4.80. The van der Waals surface area contributed by atoms with Crippen LogP contribution in [0.3, 0.4) is 0 Å². The highest BCUT2D eigenvalue weighted by Gasteiger charge is 2.36. The molecule has 1 aromatic carbocycles. The highest BCUT2D eigenvalue weighted by Crippen LogP contribution is 2.39. The van der Waals surface area contributed by atoms with Crippen molar-refractivity contribution in [2.75, 3.05) is 11.5 Å². The zero-order valence-corrected chi connectivity index (χ0v) is 16.1. The Hall–Kier alpha value is -2.95. The Kier molecular flexibility index (Phi) is 4.75. The van der Waals surface area contributed by atoms with Crippen LogP contribution >= 0.6 is 11.8 Å². The average Bonchev–Trinajstić information content (AvgIpc) is 3.17. The number of aliphatic imine (C=N–C) groups is 1. The predicted molar refractivity (Wildman–Crippen MR) is 114 cm³/mol. The van der Waals surface area contributed by atoms with Crippen molar-refractivity contribution in [3.63, 3.8) is 0 Å². The van der Waals surface area contributed by atoms with Gasteiger partial charge in [-0.1, -0.05) is 24.1 Å². The molecule has 0 bridgehead atoms. The summed E-state index contributed by atoms with van der Waals surface area (Å²) in [7, 11) is 0. The van der Waals surface area contributed by atoms with Gasteiger partial charge in [0.1, 0.15) is 17.4 Å². The lowest BCUT2D eigenvalue weighted by Gasteiger charge is -2.27. The largest absolute Gasteiger partial charge is 0.382 e. The number of aliphatic hydroxyl groups is 1. The number of fused-ring (bicyclic) bond motifs is 1. The van der Waals surface area contributed by atoms with Gasteiger partial charge in [0.15, 0.2) is 5.82 Å². The van der Waals surface area contributed by atoms with E-state index in [-0.39, 0.29) is 0 Å². The van der Waals surface area contributed by atoms with Crippen molar-refractivity contribution in [3.05, 3.63) is 47.8 Å². The van der Waals surface area contributed by atoms with E-state index in [1.807, 2.05) is 41.9 Å². The molecule has 0 unspecified atom stereocenters. The number of aromatic nitrogens is 3. The lowest BCUT2D eigenvalue weighted by Crippen LogP contribution is -2.29. The molecule has 3 heterocycles. The quantitative estimate of drug-likeness (QED) is 0.666. The molecule has 0 saturated carbocycles. The molecular formula is C21H19N5OS. The fourth-order valence-corrected chi connectivity index (χ4v) is 4.39. The Morgan fingerprint density at radius 3 is 2.89 bits per heavy atom. The van der Waals surface area contributed by atoms with Crippen molar-refractivity contribution in [3.8, 4) is 23.6 Å². The van der Waals surface area contributed by atoms with Gasteiger partial charge in [0.2, 0.25) is 0 Å². The van der Waals surface area contributed by atoms with Crippen LogP contribution in [0.25, 0.3) is 22.3 Å². The summed E-state index contributed by atoms with van der Waals surface area (Å²) in [5.41, 5.74) is 11.3. The van der Waals surface area contributed by atoms with Gasteiger partial charge in [-0.15, -0.1) is 18.2 Å². The zero-order chi connectivity index (χ0) is 19.7. The van der Waals surface area contributed by atoms with Gasteiger partial charge >= 0.3 is 0 Å². The number of nitrogen functional groups attached to an aromatic ring is 1. The van der Waals surface area contributed by atoms with Crippen LogP contribution in [0.1, 0.15) is 17.8 Å². The molecule has 0 saturated heterocycles. The molecule has 7 heteroatoms. The average molecular weight is 389 g/mol. The summed E-state index contributed by atoms with van der Waals surface area (Å²) in [6, 6.07) is 11.8. The molecule has 4 rings (SSSR count). The lowest BCUT2D eigenvalue weighted by atomic mass is 9.85. The molecule has 0 radical (unpaired) electrons. The third kappa shape index (κ3) is 3.33. The molecule has 1 aliphatic rings. The van der Waals surface area contributed by atoms with Gasteiger partial charge in [-0.25, -0.2) is 15.0 Å². The summed E-state index contributed by atoms with van der Waals surface area (Å²) in [5, 5.41) is 10.0. The van der Waals surface area contributed by atoms with E-state index in [9.17, 15) is 5.11 Å². The van der Waals surface area contributed by atoms with Gasteiger partial charge in [0.05, 0.1) is 22.3 Å². The maximum absolute atomic E-state index is 10.0. The number of anilines is 1. The Balaban J connectivity index is 1.78. The Labute approximate surface area is 167 Å². The minimum Gasteiger partial charge on any atom is -0.382 e. The fraction of sp³-hybridized carbons (Fsp3) is 0.238. The van der Waals surface area contributed by atoms with Crippen LogP contribution in [0.4, 0.5) is 5.82 Å². The summed E-state index contributed by atoms with van der Waals surface area (Å²) in [6.45, 7) is 1.80. The Morgan fingerprint density at radius 2 is 2.14 bits per heavy atom. The van der Waals surface area contributed by atoms with E-state index in [4.69, 9.17) is 12.2 Å². The Morgan fingerprint density at radius 1 is 1.29 bits per heavy atom. The molecular weight excluding hydrogens is 370 g/mol. The van der Waals surface area contributed by atoms with Crippen molar-refractivity contribution in [1.82, 2.24) is 15.0 Å². The highest BCUT2D eigenvalue weighted by molar-refractivity contribution is 8.12. The maximum atomic E-state index is 10.0. The van der Waals surface area contributed by atoms with Crippen molar-refractivity contribution >= 4 is 34.2 Å². The molecule has 0 spiro atoms. The number of pyridine rings is 1. The van der Waals surface area contributed by atoms with Crippen LogP contribution in [-0.4, -0.2) is 37.5 Å². The van der Waals surface area contributed by atoms with Crippen molar-refractivity contribution in [1.29, 1.82) is 0 Å². The second-order valence-corrected chi connectivity index (χ2v) is 7.60. The van der Waals surface area contributed by atoms with E-state index >= 15 is 0 Å². The van der Waals surface area contributed by atoms with Gasteiger partial charge in [0.25, 0.3) is 0 Å². The molecule has 6 nitrogen and oxygen atoms in total. The molecule has 28 heavy (non-hydrogen) atoms. The summed E-state index contributed by atoms with van der Waals surface area (Å²) in [5.74, 6) is 4.12. The number of nitrogens with two attached hydrogens (primary N) is 1. The number of terminal acetylenes is 1. The number of rotatable bonds is 4. The van der Waals surface area contributed by atoms with Crippen molar-refractivity contribution in [2.24, 2.45) is 4.99 Å². The van der Waals surface area contributed by atoms with E-state index in [1.54, 1.807) is 18.7 Å². The van der Waals surface area contributed by atoms with Crippen LogP contribution in [0, 0.1) is 19.3 Å². The molecule has 3 N–H and O–H groups in total. The molecule has 1 aliphatic heterocycles. The first-order valence-electron chi connectivity index (χ1n) is 8.82. The summed E-state index contributed by atoms with van der Waals surface area (Å²) >= 11 is 1.62. The maximum Gasteiger partial charge on any atom is 0.153 e. The number of benzene rings is 1. The van der Waals surface area contributed by atoms with Crippen LogP contribution < -0.4 is 5.73 Å². The van der Waals surface area contributed by atoms with Gasteiger partial charge in [-0.3, -0.25) is 4.99 Å². The first kappa shape index (κ1) is 18.4. The molecule has 3 aromatic rings. The lowest BCUT2D eigenvalue weighted by molar-refractivity contribution is 0.190. The molecule has 0 fully saturated rings. The van der Waals surface area contributed by atoms with Crippen LogP contribution in [0.5, 0.6) is 0 Å². The van der Waals surface area contributed by atoms with E-state index in [2.05, 4.69) is 25.9 Å². The number of hydrogen-bond donors (Lipinski definition) is 2. The standard InChI is InChI=1S/C21H19N5OS/c1-3-16(27)10-21(11-28-12-23-21)15-6-4-5-14(9-15)17-7-8-18-19(26-17)20(22)25-13(2)24-18/h1,4-9,12,16,27H,10-11H2,2H3,(H2,22,24,25)/t16-,21-/m1/s1. The smallest absolute Gasteiger partial charge is 0.153 e. The van der Waals surface area contributed by atoms with E-state index in [0.29, 0.717) is 23.6 Å². The van der Waals surface area contributed by atoms with Gasteiger partial charge < -0.3 is 10.8 Å². The van der Waals surface area contributed by atoms with Crippen molar-refractivity contribution < 1.29 is 5.11 Å². The summed E-state index contributed by atoms with van der Waals surface area (Å²) in [6.07, 6.45) is 4.92. The summed E-state index contributed by atoms with van der Waals surface area (Å²) < 4.78 is 0. The number of aliphatic hydroxyl groups excluding tert-OH is 1. The fourth-order valence-electron chi connectivity index (χ4n) is 3.40. The number of thioether (sulfide) groups is 1. The minimum atomic E-state index is -0.849. The molecule has 140 valence electrons. The normalized spacial score (nSPS) is 19.6. The summed E-state index contributed by atoms with van der Waals surface area (Å²) in [4.78, 5) is 17.9. The number of aryl methyl sites for hydroxylation is 1. The minimum absolute atomic E-state index is 0.367. The monoisotopic (exact) mass is 389 g/mol. The van der Waals surface area contributed by atoms with E-state index in [0.717, 1.165) is 28.1 Å². The van der Waals surface area contributed by atoms with Crippen LogP contribution in [0.2, 0.25) is 0 Å². The van der Waals surface area contributed by atoms with Crippen molar-refractivity contribution in [2.45, 2.75) is 25.0 Å². The SMILES string of the molecule is C#C[C@@H](O)C[C@]1(c2cccc(-c3ccc4nc(C)nc(N)c4n3)c2)CSC=N1.